The van der Waals surface area contributed by atoms with Crippen molar-refractivity contribution in [3.8, 4) is 11.1 Å². The Morgan fingerprint density at radius 3 is 2.44 bits per heavy atom. The molecule has 0 bridgehead atoms. The van der Waals surface area contributed by atoms with Gasteiger partial charge in [0.2, 0.25) is 0 Å². The summed E-state index contributed by atoms with van der Waals surface area (Å²) in [6, 6.07) is 17.2. The standard InChI is InChI=1S/C13H11O2S/c1-16(14,15)13-10-6-5-9-12(13)11-7-3-2-4-8-11/h2-3,5-10H,1H3. The molecule has 3 heteroatoms. The van der Waals surface area contributed by atoms with E-state index >= 15 is 0 Å². The van der Waals surface area contributed by atoms with Crippen molar-refractivity contribution in [2.75, 3.05) is 6.26 Å². The highest BCUT2D eigenvalue weighted by Crippen LogP contribution is 2.26. The second-order valence-electron chi connectivity index (χ2n) is 3.56. The van der Waals surface area contributed by atoms with E-state index in [1.54, 1.807) is 30.3 Å². The second-order valence-corrected chi connectivity index (χ2v) is 5.54. The van der Waals surface area contributed by atoms with Crippen molar-refractivity contribution in [2.24, 2.45) is 0 Å². The molecule has 0 fully saturated rings. The van der Waals surface area contributed by atoms with Gasteiger partial charge in [-0.25, -0.2) is 8.42 Å². The fourth-order valence-electron chi connectivity index (χ4n) is 1.59. The molecule has 1 radical (unpaired) electrons. The molecule has 0 saturated heterocycles. The van der Waals surface area contributed by atoms with Gasteiger partial charge in [0.1, 0.15) is 0 Å². The van der Waals surface area contributed by atoms with Crippen LogP contribution in [0.15, 0.2) is 53.4 Å². The summed E-state index contributed by atoms with van der Waals surface area (Å²) in [6.07, 6.45) is 1.22. The first-order chi connectivity index (χ1) is 7.59. The van der Waals surface area contributed by atoms with E-state index in [0.717, 1.165) is 11.1 Å². The van der Waals surface area contributed by atoms with Crippen LogP contribution in [-0.4, -0.2) is 14.7 Å². The SMILES string of the molecule is CS(=O)(=O)c1ccccc1-c1c[c]ccc1. The van der Waals surface area contributed by atoms with Gasteiger partial charge in [0.05, 0.1) is 4.90 Å². The summed E-state index contributed by atoms with van der Waals surface area (Å²) in [5, 5.41) is 0. The Kier molecular flexibility index (Phi) is 2.79. The quantitative estimate of drug-likeness (QED) is 0.796. The molecule has 16 heavy (non-hydrogen) atoms. The summed E-state index contributed by atoms with van der Waals surface area (Å²) in [4.78, 5) is 0.356. The lowest BCUT2D eigenvalue weighted by molar-refractivity contribution is 0.602. The minimum Gasteiger partial charge on any atom is -0.224 e. The molecule has 2 rings (SSSR count). The van der Waals surface area contributed by atoms with Crippen molar-refractivity contribution < 1.29 is 8.42 Å². The highest BCUT2D eigenvalue weighted by atomic mass is 32.2. The average Bonchev–Trinajstić information content (AvgIpc) is 2.29. The van der Waals surface area contributed by atoms with Gasteiger partial charge in [0, 0.05) is 11.8 Å². The predicted molar refractivity (Wildman–Crippen MR) is 63.8 cm³/mol. The van der Waals surface area contributed by atoms with Gasteiger partial charge < -0.3 is 0 Å². The Morgan fingerprint density at radius 2 is 1.81 bits per heavy atom. The number of sulfone groups is 1. The van der Waals surface area contributed by atoms with Crippen LogP contribution in [0.4, 0.5) is 0 Å². The molecule has 0 N–H and O–H groups in total. The lowest BCUT2D eigenvalue weighted by Gasteiger charge is -2.07. The molecule has 2 aromatic carbocycles. The maximum atomic E-state index is 11.6. The van der Waals surface area contributed by atoms with E-state index in [2.05, 4.69) is 6.07 Å². The number of hydrogen-bond donors (Lipinski definition) is 0. The van der Waals surface area contributed by atoms with Gasteiger partial charge in [0.25, 0.3) is 0 Å². The molecule has 0 spiro atoms. The van der Waals surface area contributed by atoms with Crippen molar-refractivity contribution in [1.82, 2.24) is 0 Å². The van der Waals surface area contributed by atoms with E-state index < -0.39 is 9.84 Å². The molecule has 2 aromatic rings. The third kappa shape index (κ3) is 2.14. The number of benzene rings is 2. The van der Waals surface area contributed by atoms with Crippen LogP contribution in [0.1, 0.15) is 0 Å². The molecule has 0 aliphatic heterocycles. The zero-order chi connectivity index (χ0) is 11.6. The Labute approximate surface area is 95.5 Å². The smallest absolute Gasteiger partial charge is 0.176 e. The molecule has 0 heterocycles. The first kappa shape index (κ1) is 10.9. The van der Waals surface area contributed by atoms with E-state index in [0.29, 0.717) is 4.90 Å². The van der Waals surface area contributed by atoms with E-state index in [4.69, 9.17) is 0 Å². The van der Waals surface area contributed by atoms with E-state index in [1.807, 2.05) is 18.2 Å². The van der Waals surface area contributed by atoms with Crippen molar-refractivity contribution in [3.63, 3.8) is 0 Å². The summed E-state index contributed by atoms with van der Waals surface area (Å²) in [5.41, 5.74) is 1.59. The van der Waals surface area contributed by atoms with E-state index in [9.17, 15) is 8.42 Å². The van der Waals surface area contributed by atoms with Crippen LogP contribution in [0.2, 0.25) is 0 Å². The molecular weight excluding hydrogens is 220 g/mol. The molecule has 0 aliphatic carbocycles. The lowest BCUT2D eigenvalue weighted by Crippen LogP contribution is -1.99. The molecule has 0 aliphatic rings. The topological polar surface area (TPSA) is 34.1 Å². The van der Waals surface area contributed by atoms with Crippen LogP contribution in [0.5, 0.6) is 0 Å². The molecule has 0 aromatic heterocycles. The van der Waals surface area contributed by atoms with Gasteiger partial charge in [-0.2, -0.15) is 0 Å². The largest absolute Gasteiger partial charge is 0.224 e. The van der Waals surface area contributed by atoms with Crippen molar-refractivity contribution in [1.29, 1.82) is 0 Å². The van der Waals surface area contributed by atoms with Crippen LogP contribution in [-0.2, 0) is 9.84 Å². The van der Waals surface area contributed by atoms with Crippen molar-refractivity contribution >= 4 is 9.84 Å². The van der Waals surface area contributed by atoms with E-state index in [1.165, 1.54) is 6.26 Å². The summed E-state index contributed by atoms with van der Waals surface area (Å²) in [7, 11) is -3.20. The Balaban J connectivity index is 2.68. The van der Waals surface area contributed by atoms with Gasteiger partial charge in [-0.05, 0) is 23.8 Å². The molecule has 81 valence electrons. The zero-order valence-electron chi connectivity index (χ0n) is 8.84. The number of hydrogen-bond acceptors (Lipinski definition) is 2. The molecule has 0 saturated carbocycles. The van der Waals surface area contributed by atoms with Crippen LogP contribution < -0.4 is 0 Å². The third-order valence-electron chi connectivity index (χ3n) is 2.30. The van der Waals surface area contributed by atoms with Crippen LogP contribution >= 0.6 is 0 Å². The first-order valence-electron chi connectivity index (χ1n) is 4.84. The Morgan fingerprint density at radius 1 is 1.06 bits per heavy atom. The molecule has 0 atom stereocenters. The maximum absolute atomic E-state index is 11.6. The van der Waals surface area contributed by atoms with Crippen molar-refractivity contribution in [2.45, 2.75) is 4.90 Å². The highest BCUT2D eigenvalue weighted by molar-refractivity contribution is 7.90. The van der Waals surface area contributed by atoms with Gasteiger partial charge in [-0.3, -0.25) is 0 Å². The monoisotopic (exact) mass is 231 g/mol. The van der Waals surface area contributed by atoms with Gasteiger partial charge in [-0.15, -0.1) is 0 Å². The van der Waals surface area contributed by atoms with Gasteiger partial charge in [0.15, 0.2) is 9.84 Å². The average molecular weight is 231 g/mol. The van der Waals surface area contributed by atoms with Gasteiger partial charge in [-0.1, -0.05) is 36.4 Å². The zero-order valence-corrected chi connectivity index (χ0v) is 9.66. The molecule has 2 nitrogen and oxygen atoms in total. The molecular formula is C13H11O2S. The summed E-state index contributed by atoms with van der Waals surface area (Å²) < 4.78 is 23.2. The van der Waals surface area contributed by atoms with Crippen LogP contribution in [0.3, 0.4) is 0 Å². The van der Waals surface area contributed by atoms with Gasteiger partial charge >= 0.3 is 0 Å². The molecule has 0 amide bonds. The third-order valence-corrected chi connectivity index (χ3v) is 3.46. The predicted octanol–water partition coefficient (Wildman–Crippen LogP) is 2.56. The fraction of sp³-hybridized carbons (Fsp3) is 0.0769. The number of rotatable bonds is 2. The summed E-state index contributed by atoms with van der Waals surface area (Å²) in [6.45, 7) is 0. The summed E-state index contributed by atoms with van der Waals surface area (Å²) in [5.74, 6) is 0. The Bertz CT molecular complexity index is 586. The lowest BCUT2D eigenvalue weighted by atomic mass is 10.1. The minimum absolute atomic E-state index is 0.356. The first-order valence-corrected chi connectivity index (χ1v) is 6.74. The van der Waals surface area contributed by atoms with Crippen LogP contribution in [0.25, 0.3) is 11.1 Å². The maximum Gasteiger partial charge on any atom is 0.176 e. The van der Waals surface area contributed by atoms with Crippen molar-refractivity contribution in [3.05, 3.63) is 54.6 Å². The summed E-state index contributed by atoms with van der Waals surface area (Å²) >= 11 is 0. The second kappa shape index (κ2) is 4.10. The normalized spacial score (nSPS) is 11.3. The fourth-order valence-corrected chi connectivity index (χ4v) is 2.50. The molecule has 0 unspecified atom stereocenters. The van der Waals surface area contributed by atoms with Crippen LogP contribution in [0, 0.1) is 6.07 Å². The Hall–Kier alpha value is -1.61. The highest BCUT2D eigenvalue weighted by Gasteiger charge is 2.13. The minimum atomic E-state index is -3.20. The van der Waals surface area contributed by atoms with E-state index in [-0.39, 0.29) is 0 Å².